The lowest BCUT2D eigenvalue weighted by molar-refractivity contribution is 0.161. The molecule has 2 aromatic carbocycles. The van der Waals surface area contributed by atoms with E-state index in [0.717, 1.165) is 21.3 Å². The fourth-order valence-corrected chi connectivity index (χ4v) is 2.93. The summed E-state index contributed by atoms with van der Waals surface area (Å²) in [4.78, 5) is 0. The van der Waals surface area contributed by atoms with Crippen molar-refractivity contribution in [3.63, 3.8) is 0 Å². The highest BCUT2D eigenvalue weighted by atomic mass is 79.9. The van der Waals surface area contributed by atoms with Crippen molar-refractivity contribution in [2.45, 2.75) is 18.6 Å². The molecule has 0 saturated heterocycles. The van der Waals surface area contributed by atoms with Crippen LogP contribution in [0.1, 0.15) is 29.7 Å². The van der Waals surface area contributed by atoms with Gasteiger partial charge in [0.25, 0.3) is 0 Å². The second-order valence-corrected chi connectivity index (χ2v) is 5.98. The molecule has 1 unspecified atom stereocenters. The van der Waals surface area contributed by atoms with Gasteiger partial charge in [0.05, 0.1) is 7.11 Å². The van der Waals surface area contributed by atoms with Crippen LogP contribution in [0.5, 0.6) is 17.2 Å². The number of ether oxygens (including phenoxy) is 2. The van der Waals surface area contributed by atoms with E-state index in [9.17, 15) is 5.11 Å². The predicted octanol–water partition coefficient (Wildman–Crippen LogP) is 3.69. The standard InChI is InChI=1S/C16H16BrNO3/c1-20-14-5-2-9(6-13(14)19)15-8-12(18)11-4-3-10(17)7-16(11)21-15/h2-7,12,15,19H,8,18H2,1H3/t12-,15?/m0/s1. The number of benzene rings is 2. The molecule has 1 aliphatic rings. The van der Waals surface area contributed by atoms with E-state index in [2.05, 4.69) is 15.9 Å². The molecule has 1 aliphatic heterocycles. The molecular formula is C16H16BrNO3. The van der Waals surface area contributed by atoms with Crippen LogP contribution in [0.4, 0.5) is 0 Å². The zero-order valence-corrected chi connectivity index (χ0v) is 13.1. The van der Waals surface area contributed by atoms with E-state index in [-0.39, 0.29) is 17.9 Å². The van der Waals surface area contributed by atoms with Crippen LogP contribution < -0.4 is 15.2 Å². The highest BCUT2D eigenvalue weighted by Crippen LogP contribution is 2.42. The van der Waals surface area contributed by atoms with Crippen molar-refractivity contribution in [2.75, 3.05) is 7.11 Å². The number of hydrogen-bond acceptors (Lipinski definition) is 4. The molecule has 5 heteroatoms. The molecule has 0 aromatic heterocycles. The molecule has 0 aliphatic carbocycles. The third kappa shape index (κ3) is 2.71. The van der Waals surface area contributed by atoms with Gasteiger partial charge < -0.3 is 20.3 Å². The minimum atomic E-state index is -0.182. The van der Waals surface area contributed by atoms with E-state index in [0.29, 0.717) is 12.2 Å². The van der Waals surface area contributed by atoms with Gasteiger partial charge in [0, 0.05) is 22.5 Å². The Hall–Kier alpha value is -1.72. The maximum Gasteiger partial charge on any atom is 0.160 e. The molecule has 0 bridgehead atoms. The summed E-state index contributed by atoms with van der Waals surface area (Å²) < 4.78 is 12.0. The molecule has 3 N–H and O–H groups in total. The maximum atomic E-state index is 9.91. The van der Waals surface area contributed by atoms with E-state index >= 15 is 0 Å². The zero-order valence-electron chi connectivity index (χ0n) is 11.5. The van der Waals surface area contributed by atoms with Gasteiger partial charge in [-0.3, -0.25) is 0 Å². The van der Waals surface area contributed by atoms with E-state index < -0.39 is 0 Å². The monoisotopic (exact) mass is 349 g/mol. The average molecular weight is 350 g/mol. The van der Waals surface area contributed by atoms with Gasteiger partial charge in [0.1, 0.15) is 11.9 Å². The number of methoxy groups -OCH3 is 1. The number of nitrogens with two attached hydrogens (primary N) is 1. The topological polar surface area (TPSA) is 64.7 Å². The summed E-state index contributed by atoms with van der Waals surface area (Å²) in [6.45, 7) is 0. The zero-order chi connectivity index (χ0) is 15.0. The molecule has 2 aromatic rings. The summed E-state index contributed by atoms with van der Waals surface area (Å²) in [7, 11) is 1.52. The van der Waals surface area contributed by atoms with E-state index in [1.165, 1.54) is 7.11 Å². The highest BCUT2D eigenvalue weighted by Gasteiger charge is 2.27. The van der Waals surface area contributed by atoms with Gasteiger partial charge in [-0.1, -0.05) is 28.1 Å². The van der Waals surface area contributed by atoms with Crippen LogP contribution in [0.3, 0.4) is 0 Å². The molecule has 0 fully saturated rings. The Morgan fingerprint density at radius 3 is 2.81 bits per heavy atom. The van der Waals surface area contributed by atoms with Crippen molar-refractivity contribution >= 4 is 15.9 Å². The first-order valence-electron chi connectivity index (χ1n) is 6.67. The Bertz CT molecular complexity index is 675. The second-order valence-electron chi connectivity index (χ2n) is 5.06. The number of aromatic hydroxyl groups is 1. The van der Waals surface area contributed by atoms with Crippen LogP contribution in [0, 0.1) is 0 Å². The molecule has 3 rings (SSSR count). The molecule has 0 radical (unpaired) electrons. The largest absolute Gasteiger partial charge is 0.504 e. The average Bonchev–Trinajstić information content (AvgIpc) is 2.46. The molecule has 4 nitrogen and oxygen atoms in total. The quantitative estimate of drug-likeness (QED) is 0.867. The summed E-state index contributed by atoms with van der Waals surface area (Å²) in [5.41, 5.74) is 8.13. The molecule has 2 atom stereocenters. The Morgan fingerprint density at radius 2 is 2.10 bits per heavy atom. The van der Waals surface area contributed by atoms with Gasteiger partial charge in [-0.15, -0.1) is 0 Å². The lowest BCUT2D eigenvalue weighted by Gasteiger charge is -2.30. The van der Waals surface area contributed by atoms with Crippen molar-refractivity contribution in [1.29, 1.82) is 0 Å². The predicted molar refractivity (Wildman–Crippen MR) is 83.7 cm³/mol. The van der Waals surface area contributed by atoms with Crippen molar-refractivity contribution in [3.05, 3.63) is 52.0 Å². The fourth-order valence-electron chi connectivity index (χ4n) is 2.59. The number of rotatable bonds is 2. The van der Waals surface area contributed by atoms with Gasteiger partial charge in [-0.25, -0.2) is 0 Å². The van der Waals surface area contributed by atoms with Gasteiger partial charge in [-0.05, 0) is 29.8 Å². The minimum absolute atomic E-state index is 0.0869. The van der Waals surface area contributed by atoms with Gasteiger partial charge in [0.2, 0.25) is 0 Å². The third-order valence-electron chi connectivity index (χ3n) is 3.69. The summed E-state index contributed by atoms with van der Waals surface area (Å²) in [5.74, 6) is 1.33. The summed E-state index contributed by atoms with van der Waals surface area (Å²) >= 11 is 3.44. The number of fused-ring (bicyclic) bond motifs is 1. The smallest absolute Gasteiger partial charge is 0.160 e. The highest BCUT2D eigenvalue weighted by molar-refractivity contribution is 9.10. The Balaban J connectivity index is 1.93. The summed E-state index contributed by atoms with van der Waals surface area (Å²) in [5, 5.41) is 9.91. The first-order chi connectivity index (χ1) is 10.1. The van der Waals surface area contributed by atoms with Crippen molar-refractivity contribution in [2.24, 2.45) is 5.73 Å². The van der Waals surface area contributed by atoms with Crippen molar-refractivity contribution in [3.8, 4) is 17.2 Å². The van der Waals surface area contributed by atoms with Crippen molar-refractivity contribution < 1.29 is 14.6 Å². The van der Waals surface area contributed by atoms with Crippen LogP contribution in [0.15, 0.2) is 40.9 Å². The van der Waals surface area contributed by atoms with Crippen LogP contribution in [-0.2, 0) is 0 Å². The summed E-state index contributed by atoms with van der Waals surface area (Å²) in [6, 6.07) is 11.1. The third-order valence-corrected chi connectivity index (χ3v) is 4.18. The molecule has 0 spiro atoms. The Kier molecular flexibility index (Phi) is 3.78. The lowest BCUT2D eigenvalue weighted by atomic mass is 9.93. The molecular weight excluding hydrogens is 334 g/mol. The van der Waals surface area contributed by atoms with Crippen LogP contribution >= 0.6 is 15.9 Å². The molecule has 0 amide bonds. The summed E-state index contributed by atoms with van der Waals surface area (Å²) in [6.07, 6.45) is 0.485. The second kappa shape index (κ2) is 5.58. The Morgan fingerprint density at radius 1 is 1.29 bits per heavy atom. The van der Waals surface area contributed by atoms with Crippen LogP contribution in [-0.4, -0.2) is 12.2 Å². The Labute approximate surface area is 131 Å². The van der Waals surface area contributed by atoms with Crippen molar-refractivity contribution in [1.82, 2.24) is 0 Å². The molecule has 1 heterocycles. The number of halogens is 1. The van der Waals surface area contributed by atoms with E-state index in [4.69, 9.17) is 15.2 Å². The first-order valence-corrected chi connectivity index (χ1v) is 7.46. The van der Waals surface area contributed by atoms with Crippen LogP contribution in [0.2, 0.25) is 0 Å². The minimum Gasteiger partial charge on any atom is -0.504 e. The molecule has 0 saturated carbocycles. The van der Waals surface area contributed by atoms with Gasteiger partial charge in [0.15, 0.2) is 11.5 Å². The maximum absolute atomic E-state index is 9.91. The fraction of sp³-hybridized carbons (Fsp3) is 0.250. The molecule has 21 heavy (non-hydrogen) atoms. The number of phenols is 1. The SMILES string of the molecule is COc1ccc(C2C[C@H](N)c3ccc(Br)cc3O2)cc1O. The number of hydrogen-bond donors (Lipinski definition) is 2. The van der Waals surface area contributed by atoms with E-state index in [1.54, 1.807) is 12.1 Å². The van der Waals surface area contributed by atoms with Gasteiger partial charge in [-0.2, -0.15) is 0 Å². The van der Waals surface area contributed by atoms with Crippen LogP contribution in [0.25, 0.3) is 0 Å². The van der Waals surface area contributed by atoms with Gasteiger partial charge >= 0.3 is 0 Å². The number of phenolic OH excluding ortho intramolecular Hbond substituents is 1. The first kappa shape index (κ1) is 14.2. The normalized spacial score (nSPS) is 20.5. The van der Waals surface area contributed by atoms with E-state index in [1.807, 2.05) is 24.3 Å². The lowest BCUT2D eigenvalue weighted by Crippen LogP contribution is -2.24. The molecule has 110 valence electrons.